The second-order valence-electron chi connectivity index (χ2n) is 5.96. The van der Waals surface area contributed by atoms with Crippen molar-refractivity contribution < 1.29 is 22.3 Å². The van der Waals surface area contributed by atoms with Crippen molar-refractivity contribution in [3.8, 4) is 0 Å². The van der Waals surface area contributed by atoms with E-state index in [0.29, 0.717) is 30.5 Å². The van der Waals surface area contributed by atoms with E-state index in [1.165, 1.54) is 0 Å². The van der Waals surface area contributed by atoms with E-state index in [9.17, 15) is 13.2 Å². The summed E-state index contributed by atoms with van der Waals surface area (Å²) in [4.78, 5) is 8.41. The first-order valence-electron chi connectivity index (χ1n) is 8.36. The summed E-state index contributed by atoms with van der Waals surface area (Å²) >= 11 is 0. The molecule has 0 aliphatic rings. The minimum atomic E-state index is -4.32. The number of alkyl halides is 3. The van der Waals surface area contributed by atoms with E-state index < -0.39 is 12.8 Å². The number of oxazole rings is 1. The van der Waals surface area contributed by atoms with Crippen molar-refractivity contribution in [2.75, 3.05) is 13.7 Å². The molecular weight excluding hydrogens is 488 g/mol. The molecule has 0 aliphatic heterocycles. The Bertz CT molecular complexity index is 759. The number of hydrogen-bond acceptors (Lipinski definition) is 4. The van der Waals surface area contributed by atoms with Gasteiger partial charge in [-0.05, 0) is 25.0 Å². The fourth-order valence-electron chi connectivity index (χ4n) is 2.29. The van der Waals surface area contributed by atoms with Gasteiger partial charge in [-0.3, -0.25) is 4.99 Å². The van der Waals surface area contributed by atoms with Gasteiger partial charge in [0.05, 0.1) is 18.8 Å². The highest BCUT2D eigenvalue weighted by molar-refractivity contribution is 14.0. The molecule has 0 fully saturated rings. The van der Waals surface area contributed by atoms with Gasteiger partial charge >= 0.3 is 6.18 Å². The fraction of sp³-hybridized carbons (Fsp3) is 0.444. The van der Waals surface area contributed by atoms with Crippen LogP contribution in [0.4, 0.5) is 13.2 Å². The Hall–Kier alpha value is -1.82. The van der Waals surface area contributed by atoms with Gasteiger partial charge in [-0.25, -0.2) is 4.98 Å². The summed E-state index contributed by atoms with van der Waals surface area (Å²) in [6.07, 6.45) is -4.32. The van der Waals surface area contributed by atoms with Crippen LogP contribution in [-0.4, -0.2) is 30.8 Å². The Balaban J connectivity index is 0.00000392. The molecule has 0 radical (unpaired) electrons. The first-order chi connectivity index (χ1) is 12.8. The number of nitrogens with one attached hydrogen (secondary N) is 2. The zero-order chi connectivity index (χ0) is 19.9. The highest BCUT2D eigenvalue weighted by Crippen LogP contribution is 2.16. The van der Waals surface area contributed by atoms with Gasteiger partial charge < -0.3 is 19.8 Å². The number of halogens is 4. The van der Waals surface area contributed by atoms with Gasteiger partial charge in [0.25, 0.3) is 0 Å². The number of rotatable bonds is 7. The zero-order valence-electron chi connectivity index (χ0n) is 15.9. The number of aliphatic imine (C=N–C) groups is 1. The first-order valence-corrected chi connectivity index (χ1v) is 8.36. The Morgan fingerprint density at radius 2 is 1.86 bits per heavy atom. The van der Waals surface area contributed by atoms with Crippen molar-refractivity contribution in [1.29, 1.82) is 0 Å². The second-order valence-corrected chi connectivity index (χ2v) is 5.96. The number of hydrogen-bond donors (Lipinski definition) is 2. The molecule has 0 aliphatic carbocycles. The van der Waals surface area contributed by atoms with Gasteiger partial charge in [0.15, 0.2) is 5.96 Å². The molecular formula is C18H24F3IN4O2. The lowest BCUT2D eigenvalue weighted by Crippen LogP contribution is -2.36. The number of benzene rings is 1. The molecule has 2 aromatic rings. The van der Waals surface area contributed by atoms with Crippen LogP contribution in [0, 0.1) is 13.8 Å². The number of aryl methyl sites for hydroxylation is 2. The highest BCUT2D eigenvalue weighted by atomic mass is 127. The van der Waals surface area contributed by atoms with Crippen LogP contribution >= 0.6 is 24.0 Å². The molecule has 156 valence electrons. The molecule has 10 heteroatoms. The summed E-state index contributed by atoms with van der Waals surface area (Å²) < 4.78 is 46.6. The largest absolute Gasteiger partial charge is 0.444 e. The lowest BCUT2D eigenvalue weighted by atomic mass is 10.1. The molecule has 2 N–H and O–H groups in total. The predicted octanol–water partition coefficient (Wildman–Crippen LogP) is 3.85. The maximum absolute atomic E-state index is 12.1. The minimum Gasteiger partial charge on any atom is -0.444 e. The molecule has 2 rings (SSSR count). The van der Waals surface area contributed by atoms with Crippen LogP contribution in [0.3, 0.4) is 0 Å². The maximum Gasteiger partial charge on any atom is 0.411 e. The van der Waals surface area contributed by atoms with Gasteiger partial charge in [0, 0.05) is 13.6 Å². The van der Waals surface area contributed by atoms with E-state index in [4.69, 9.17) is 4.42 Å². The van der Waals surface area contributed by atoms with Gasteiger partial charge in [0.2, 0.25) is 5.89 Å². The fourth-order valence-corrected chi connectivity index (χ4v) is 2.29. The monoisotopic (exact) mass is 512 g/mol. The average molecular weight is 512 g/mol. The van der Waals surface area contributed by atoms with Crippen molar-refractivity contribution in [3.63, 3.8) is 0 Å². The van der Waals surface area contributed by atoms with Crippen LogP contribution in [0.1, 0.15) is 28.5 Å². The molecule has 6 nitrogen and oxygen atoms in total. The molecule has 0 unspecified atom stereocenters. The minimum absolute atomic E-state index is 0. The molecule has 0 saturated heterocycles. The van der Waals surface area contributed by atoms with E-state index in [1.54, 1.807) is 25.2 Å². The van der Waals surface area contributed by atoms with Gasteiger partial charge in [-0.15, -0.1) is 24.0 Å². The van der Waals surface area contributed by atoms with Crippen LogP contribution in [0.5, 0.6) is 0 Å². The predicted molar refractivity (Wildman–Crippen MR) is 111 cm³/mol. The normalized spacial score (nSPS) is 11.9. The van der Waals surface area contributed by atoms with E-state index in [2.05, 4.69) is 25.3 Å². The number of ether oxygens (including phenoxy) is 1. The third-order valence-electron chi connectivity index (χ3n) is 3.69. The quantitative estimate of drug-likeness (QED) is 0.335. The SMILES string of the molecule is CN=C(NCc1cccc(COCC(F)(F)F)c1)NCc1nc(C)c(C)o1.I. The van der Waals surface area contributed by atoms with E-state index in [0.717, 1.165) is 17.0 Å². The maximum atomic E-state index is 12.1. The lowest BCUT2D eigenvalue weighted by molar-refractivity contribution is -0.176. The van der Waals surface area contributed by atoms with Crippen molar-refractivity contribution in [3.05, 3.63) is 52.7 Å². The summed E-state index contributed by atoms with van der Waals surface area (Å²) in [6.45, 7) is 3.22. The smallest absolute Gasteiger partial charge is 0.411 e. The van der Waals surface area contributed by atoms with E-state index in [1.807, 2.05) is 19.9 Å². The molecule has 1 aromatic heterocycles. The van der Waals surface area contributed by atoms with Crippen LogP contribution < -0.4 is 10.6 Å². The molecule has 0 amide bonds. The number of nitrogens with zero attached hydrogens (tertiary/aromatic N) is 2. The molecule has 0 saturated carbocycles. The van der Waals surface area contributed by atoms with Gasteiger partial charge in [-0.1, -0.05) is 24.3 Å². The van der Waals surface area contributed by atoms with E-state index in [-0.39, 0.29) is 30.6 Å². The first kappa shape index (κ1) is 24.2. The van der Waals surface area contributed by atoms with Crippen molar-refractivity contribution in [1.82, 2.24) is 15.6 Å². The van der Waals surface area contributed by atoms with Crippen LogP contribution in [0.2, 0.25) is 0 Å². The standard InChI is InChI=1S/C18H23F3N4O2.HI/c1-12-13(2)27-16(25-12)9-24-17(22-3)23-8-14-5-4-6-15(7-14)10-26-11-18(19,20)21;/h4-7H,8-11H2,1-3H3,(H2,22,23,24);1H. The van der Waals surface area contributed by atoms with Crippen molar-refractivity contribution >= 4 is 29.9 Å². The van der Waals surface area contributed by atoms with Crippen LogP contribution in [0.15, 0.2) is 33.7 Å². The molecule has 0 atom stereocenters. The molecule has 0 bridgehead atoms. The molecule has 28 heavy (non-hydrogen) atoms. The Morgan fingerprint density at radius 1 is 1.18 bits per heavy atom. The molecule has 1 aromatic carbocycles. The second kappa shape index (κ2) is 11.2. The third kappa shape index (κ3) is 8.46. The van der Waals surface area contributed by atoms with Gasteiger partial charge in [0.1, 0.15) is 12.4 Å². The number of guanidine groups is 1. The topological polar surface area (TPSA) is 71.7 Å². The van der Waals surface area contributed by atoms with E-state index >= 15 is 0 Å². The summed E-state index contributed by atoms with van der Waals surface area (Å²) in [5.41, 5.74) is 2.42. The summed E-state index contributed by atoms with van der Waals surface area (Å²) in [5, 5.41) is 6.23. The van der Waals surface area contributed by atoms with Crippen molar-refractivity contribution in [2.24, 2.45) is 4.99 Å². The average Bonchev–Trinajstić information content (AvgIpc) is 2.92. The van der Waals surface area contributed by atoms with Crippen LogP contribution in [0.25, 0.3) is 0 Å². The van der Waals surface area contributed by atoms with Crippen LogP contribution in [-0.2, 0) is 24.4 Å². The van der Waals surface area contributed by atoms with Gasteiger partial charge in [-0.2, -0.15) is 13.2 Å². The Labute approximate surface area is 179 Å². The molecule has 0 spiro atoms. The summed E-state index contributed by atoms with van der Waals surface area (Å²) in [7, 11) is 1.64. The lowest BCUT2D eigenvalue weighted by Gasteiger charge is -2.12. The molecule has 1 heterocycles. The zero-order valence-corrected chi connectivity index (χ0v) is 18.2. The Kier molecular flexibility index (Phi) is 9.73. The van der Waals surface area contributed by atoms with Crippen molar-refractivity contribution in [2.45, 2.75) is 39.7 Å². The summed E-state index contributed by atoms with van der Waals surface area (Å²) in [5.74, 6) is 1.90. The Morgan fingerprint density at radius 3 is 2.46 bits per heavy atom. The number of aromatic nitrogens is 1. The highest BCUT2D eigenvalue weighted by Gasteiger charge is 2.27. The third-order valence-corrected chi connectivity index (χ3v) is 3.69. The summed E-state index contributed by atoms with van der Waals surface area (Å²) in [6, 6.07) is 7.16.